The van der Waals surface area contributed by atoms with Gasteiger partial charge in [-0.2, -0.15) is 0 Å². The first-order valence-corrected chi connectivity index (χ1v) is 4.88. The van der Waals surface area contributed by atoms with Crippen molar-refractivity contribution >= 4 is 0 Å². The number of nitrogens with two attached hydrogens (primary N) is 1. The van der Waals surface area contributed by atoms with Crippen LogP contribution in [0.15, 0.2) is 18.2 Å². The lowest BCUT2D eigenvalue weighted by atomic mass is 10.2. The number of rotatable bonds is 6. The van der Waals surface area contributed by atoms with Crippen LogP contribution >= 0.6 is 0 Å². The Balaban J connectivity index is 2.80. The Kier molecular flexibility index (Phi) is 4.90. The van der Waals surface area contributed by atoms with E-state index in [1.807, 2.05) is 12.1 Å². The Morgan fingerprint density at radius 3 is 2.80 bits per heavy atom. The Hall–Kier alpha value is -1.29. The average molecular weight is 213 g/mol. The molecule has 0 aliphatic carbocycles. The molecule has 84 valence electrons. The van der Waals surface area contributed by atoms with E-state index in [4.69, 9.17) is 15.2 Å². The number of halogens is 1. The predicted octanol–water partition coefficient (Wildman–Crippen LogP) is 1.89. The van der Waals surface area contributed by atoms with E-state index in [2.05, 4.69) is 0 Å². The molecule has 0 radical (unpaired) electrons. The zero-order chi connectivity index (χ0) is 11.1. The SMILES string of the molecule is COc1cccc(CN)c1OCCCF. The van der Waals surface area contributed by atoms with Gasteiger partial charge in [0.1, 0.15) is 0 Å². The quantitative estimate of drug-likeness (QED) is 0.734. The van der Waals surface area contributed by atoms with E-state index >= 15 is 0 Å². The molecule has 0 heterocycles. The molecule has 0 atom stereocenters. The molecule has 1 aromatic rings. The molecule has 0 aliphatic heterocycles. The van der Waals surface area contributed by atoms with Crippen LogP contribution in [0.3, 0.4) is 0 Å². The molecule has 0 spiro atoms. The third-order valence-electron chi connectivity index (χ3n) is 2.02. The van der Waals surface area contributed by atoms with Gasteiger partial charge in [-0.3, -0.25) is 4.39 Å². The summed E-state index contributed by atoms with van der Waals surface area (Å²) in [4.78, 5) is 0. The maximum atomic E-state index is 11.9. The molecular weight excluding hydrogens is 197 g/mol. The zero-order valence-electron chi connectivity index (χ0n) is 8.83. The first kappa shape index (κ1) is 11.8. The summed E-state index contributed by atoms with van der Waals surface area (Å²) >= 11 is 0. The summed E-state index contributed by atoms with van der Waals surface area (Å²) < 4.78 is 22.5. The minimum absolute atomic E-state index is 0.337. The van der Waals surface area contributed by atoms with E-state index in [0.29, 0.717) is 31.1 Å². The first-order chi connectivity index (χ1) is 7.33. The molecule has 1 rings (SSSR count). The molecule has 4 heteroatoms. The third-order valence-corrected chi connectivity index (χ3v) is 2.02. The van der Waals surface area contributed by atoms with E-state index < -0.39 is 0 Å². The molecule has 0 unspecified atom stereocenters. The van der Waals surface area contributed by atoms with Gasteiger partial charge in [-0.25, -0.2) is 0 Å². The summed E-state index contributed by atoms with van der Waals surface area (Å²) in [6, 6.07) is 5.51. The van der Waals surface area contributed by atoms with Crippen LogP contribution in [0.4, 0.5) is 4.39 Å². The summed E-state index contributed by atoms with van der Waals surface area (Å²) in [5, 5.41) is 0. The lowest BCUT2D eigenvalue weighted by Crippen LogP contribution is -2.05. The van der Waals surface area contributed by atoms with E-state index in [9.17, 15) is 4.39 Å². The smallest absolute Gasteiger partial charge is 0.165 e. The van der Waals surface area contributed by atoms with Crippen LogP contribution in [-0.4, -0.2) is 20.4 Å². The van der Waals surface area contributed by atoms with Gasteiger partial charge in [0.25, 0.3) is 0 Å². The van der Waals surface area contributed by atoms with E-state index in [1.54, 1.807) is 13.2 Å². The molecule has 2 N–H and O–H groups in total. The van der Waals surface area contributed by atoms with Crippen LogP contribution in [-0.2, 0) is 6.54 Å². The number of para-hydroxylation sites is 1. The van der Waals surface area contributed by atoms with Gasteiger partial charge in [-0.1, -0.05) is 12.1 Å². The van der Waals surface area contributed by atoms with Crippen LogP contribution < -0.4 is 15.2 Å². The standard InChI is InChI=1S/C11H16FNO2/c1-14-10-5-2-4-9(8-13)11(10)15-7-3-6-12/h2,4-5H,3,6-8,13H2,1H3. The number of hydrogen-bond acceptors (Lipinski definition) is 3. The van der Waals surface area contributed by atoms with Gasteiger partial charge in [0.05, 0.1) is 20.4 Å². The summed E-state index contributed by atoms with van der Waals surface area (Å²) in [5.74, 6) is 1.26. The van der Waals surface area contributed by atoms with Crippen molar-refractivity contribution in [1.29, 1.82) is 0 Å². The maximum Gasteiger partial charge on any atom is 0.165 e. The fraction of sp³-hybridized carbons (Fsp3) is 0.455. The van der Waals surface area contributed by atoms with Crippen molar-refractivity contribution in [1.82, 2.24) is 0 Å². The predicted molar refractivity (Wildman–Crippen MR) is 57.0 cm³/mol. The highest BCUT2D eigenvalue weighted by atomic mass is 19.1. The highest BCUT2D eigenvalue weighted by Crippen LogP contribution is 2.30. The van der Waals surface area contributed by atoms with E-state index in [0.717, 1.165) is 5.56 Å². The number of methoxy groups -OCH3 is 1. The van der Waals surface area contributed by atoms with Crippen molar-refractivity contribution in [2.24, 2.45) is 5.73 Å². The monoisotopic (exact) mass is 213 g/mol. The van der Waals surface area contributed by atoms with Crippen molar-refractivity contribution in [3.05, 3.63) is 23.8 Å². The lowest BCUT2D eigenvalue weighted by Gasteiger charge is -2.13. The average Bonchev–Trinajstić information content (AvgIpc) is 2.29. The number of ether oxygens (including phenoxy) is 2. The minimum Gasteiger partial charge on any atom is -0.493 e. The zero-order valence-corrected chi connectivity index (χ0v) is 8.83. The maximum absolute atomic E-state index is 11.9. The largest absolute Gasteiger partial charge is 0.493 e. The van der Waals surface area contributed by atoms with Crippen molar-refractivity contribution in [2.45, 2.75) is 13.0 Å². The van der Waals surface area contributed by atoms with Crippen LogP contribution in [0.2, 0.25) is 0 Å². The Bertz CT molecular complexity index is 282. The van der Waals surface area contributed by atoms with Gasteiger partial charge in [-0.15, -0.1) is 0 Å². The second kappa shape index (κ2) is 6.24. The Morgan fingerprint density at radius 2 is 2.20 bits per heavy atom. The van der Waals surface area contributed by atoms with Crippen molar-refractivity contribution in [3.63, 3.8) is 0 Å². The van der Waals surface area contributed by atoms with Crippen LogP contribution in [0, 0.1) is 0 Å². The van der Waals surface area contributed by atoms with Crippen LogP contribution in [0.5, 0.6) is 11.5 Å². The Morgan fingerprint density at radius 1 is 1.40 bits per heavy atom. The summed E-state index contributed by atoms with van der Waals surface area (Å²) in [6.45, 7) is 0.332. The molecule has 3 nitrogen and oxygen atoms in total. The third kappa shape index (κ3) is 3.09. The van der Waals surface area contributed by atoms with Gasteiger partial charge in [0.2, 0.25) is 0 Å². The Labute approximate surface area is 89.0 Å². The van der Waals surface area contributed by atoms with Crippen LogP contribution in [0.1, 0.15) is 12.0 Å². The summed E-state index contributed by atoms with van der Waals surface area (Å²) in [5.41, 5.74) is 6.44. The lowest BCUT2D eigenvalue weighted by molar-refractivity contribution is 0.271. The van der Waals surface area contributed by atoms with Gasteiger partial charge >= 0.3 is 0 Å². The molecule has 0 saturated carbocycles. The molecule has 0 aliphatic rings. The number of alkyl halides is 1. The van der Waals surface area contributed by atoms with E-state index in [-0.39, 0.29) is 6.67 Å². The highest BCUT2D eigenvalue weighted by Gasteiger charge is 2.08. The van der Waals surface area contributed by atoms with Gasteiger partial charge < -0.3 is 15.2 Å². The van der Waals surface area contributed by atoms with E-state index in [1.165, 1.54) is 0 Å². The summed E-state index contributed by atoms with van der Waals surface area (Å²) in [7, 11) is 1.57. The molecular formula is C11H16FNO2. The molecule has 0 amide bonds. The minimum atomic E-state index is -0.382. The topological polar surface area (TPSA) is 44.5 Å². The second-order valence-electron chi connectivity index (χ2n) is 3.04. The second-order valence-corrected chi connectivity index (χ2v) is 3.04. The molecule has 0 bridgehead atoms. The molecule has 15 heavy (non-hydrogen) atoms. The molecule has 1 aromatic carbocycles. The fourth-order valence-electron chi connectivity index (χ4n) is 1.28. The number of benzene rings is 1. The van der Waals surface area contributed by atoms with Crippen LogP contribution in [0.25, 0.3) is 0 Å². The van der Waals surface area contributed by atoms with Crippen molar-refractivity contribution < 1.29 is 13.9 Å². The fourth-order valence-corrected chi connectivity index (χ4v) is 1.28. The first-order valence-electron chi connectivity index (χ1n) is 4.88. The van der Waals surface area contributed by atoms with Gasteiger partial charge in [0.15, 0.2) is 11.5 Å². The van der Waals surface area contributed by atoms with Crippen molar-refractivity contribution in [2.75, 3.05) is 20.4 Å². The van der Waals surface area contributed by atoms with Gasteiger partial charge in [0, 0.05) is 18.5 Å². The number of hydrogen-bond donors (Lipinski definition) is 1. The normalized spacial score (nSPS) is 10.1. The van der Waals surface area contributed by atoms with Gasteiger partial charge in [-0.05, 0) is 6.07 Å². The van der Waals surface area contributed by atoms with Crippen molar-refractivity contribution in [3.8, 4) is 11.5 Å². The molecule has 0 aromatic heterocycles. The highest BCUT2D eigenvalue weighted by molar-refractivity contribution is 5.46. The summed E-state index contributed by atoms with van der Waals surface area (Å²) in [6.07, 6.45) is 0.377. The molecule has 0 saturated heterocycles. The molecule has 0 fully saturated rings.